The van der Waals surface area contributed by atoms with E-state index in [0.29, 0.717) is 49.2 Å². The summed E-state index contributed by atoms with van der Waals surface area (Å²) in [5, 5.41) is 9.26. The molecule has 2 amide bonds. The number of anilines is 1. The molecule has 5 rings (SSSR count). The fourth-order valence-corrected chi connectivity index (χ4v) is 4.67. The van der Waals surface area contributed by atoms with E-state index < -0.39 is 0 Å². The number of piperazine rings is 1. The Morgan fingerprint density at radius 3 is 2.31 bits per heavy atom. The number of carbonyl (C=O) groups is 2. The molecule has 1 saturated heterocycles. The SMILES string of the molecule is Cc1ccc(-c2ccc(N3CCN(C(=O)CN(CC4CC4)C(=O)c4ccccc4Cl)CC3)nn2)cc1. The number of hydrogen-bond acceptors (Lipinski definition) is 5. The molecule has 0 spiro atoms. The highest BCUT2D eigenvalue weighted by atomic mass is 35.5. The van der Waals surface area contributed by atoms with Gasteiger partial charge in [0.2, 0.25) is 5.91 Å². The van der Waals surface area contributed by atoms with E-state index in [1.54, 1.807) is 29.2 Å². The lowest BCUT2D eigenvalue weighted by Crippen LogP contribution is -2.52. The lowest BCUT2D eigenvalue weighted by molar-refractivity contribution is -0.132. The zero-order valence-corrected chi connectivity index (χ0v) is 21.2. The largest absolute Gasteiger partial charge is 0.352 e. The molecule has 1 aliphatic heterocycles. The molecular formula is C28H30ClN5O2. The number of rotatable bonds is 7. The highest BCUT2D eigenvalue weighted by Gasteiger charge is 2.31. The second-order valence-corrected chi connectivity index (χ2v) is 10.0. The molecule has 36 heavy (non-hydrogen) atoms. The first-order valence-electron chi connectivity index (χ1n) is 12.5. The summed E-state index contributed by atoms with van der Waals surface area (Å²) in [4.78, 5) is 32.0. The van der Waals surface area contributed by atoms with Crippen molar-refractivity contribution in [2.45, 2.75) is 19.8 Å². The van der Waals surface area contributed by atoms with E-state index >= 15 is 0 Å². The molecule has 1 aromatic heterocycles. The summed E-state index contributed by atoms with van der Waals surface area (Å²) >= 11 is 6.27. The van der Waals surface area contributed by atoms with Gasteiger partial charge in [-0.2, -0.15) is 0 Å². The predicted molar refractivity (Wildman–Crippen MR) is 141 cm³/mol. The molecule has 2 heterocycles. The minimum Gasteiger partial charge on any atom is -0.352 e. The van der Waals surface area contributed by atoms with E-state index in [2.05, 4.69) is 34.2 Å². The summed E-state index contributed by atoms with van der Waals surface area (Å²) in [6.45, 7) is 5.24. The molecule has 1 saturated carbocycles. The Morgan fingerprint density at radius 2 is 1.67 bits per heavy atom. The fraction of sp³-hybridized carbons (Fsp3) is 0.357. The van der Waals surface area contributed by atoms with E-state index in [0.717, 1.165) is 29.9 Å². The third-order valence-electron chi connectivity index (χ3n) is 6.85. The van der Waals surface area contributed by atoms with Gasteiger partial charge in [0.05, 0.1) is 16.3 Å². The number of benzene rings is 2. The van der Waals surface area contributed by atoms with Gasteiger partial charge in [0.25, 0.3) is 5.91 Å². The van der Waals surface area contributed by atoms with E-state index in [1.807, 2.05) is 29.2 Å². The minimum absolute atomic E-state index is 0.0310. The zero-order chi connectivity index (χ0) is 25.1. The molecule has 2 aliphatic rings. The van der Waals surface area contributed by atoms with Crippen LogP contribution >= 0.6 is 11.6 Å². The average molecular weight is 504 g/mol. The molecule has 0 radical (unpaired) electrons. The number of carbonyl (C=O) groups excluding carboxylic acids is 2. The number of halogens is 1. The van der Waals surface area contributed by atoms with Crippen molar-refractivity contribution >= 4 is 29.2 Å². The maximum atomic E-state index is 13.2. The molecule has 2 fully saturated rings. The van der Waals surface area contributed by atoms with Gasteiger partial charge in [0, 0.05) is 38.3 Å². The van der Waals surface area contributed by atoms with Crippen LogP contribution in [-0.2, 0) is 4.79 Å². The third-order valence-corrected chi connectivity index (χ3v) is 7.18. The quantitative estimate of drug-likeness (QED) is 0.480. The normalized spacial score (nSPS) is 15.6. The molecule has 186 valence electrons. The van der Waals surface area contributed by atoms with E-state index in [1.165, 1.54) is 5.56 Å². The topological polar surface area (TPSA) is 69.6 Å². The van der Waals surface area contributed by atoms with E-state index in [4.69, 9.17) is 11.6 Å². The Hall–Kier alpha value is -3.45. The van der Waals surface area contributed by atoms with Crippen LogP contribution in [0.4, 0.5) is 5.82 Å². The molecule has 0 N–H and O–H groups in total. The summed E-state index contributed by atoms with van der Waals surface area (Å²) in [7, 11) is 0. The summed E-state index contributed by atoms with van der Waals surface area (Å²) in [5.74, 6) is 1.07. The van der Waals surface area contributed by atoms with Crippen molar-refractivity contribution in [2.75, 3.05) is 44.2 Å². The first-order chi connectivity index (χ1) is 17.5. The van der Waals surface area contributed by atoms with Crippen molar-refractivity contribution in [1.82, 2.24) is 20.0 Å². The highest BCUT2D eigenvalue weighted by Crippen LogP contribution is 2.31. The maximum Gasteiger partial charge on any atom is 0.255 e. The maximum absolute atomic E-state index is 13.2. The molecule has 0 atom stereocenters. The standard InChI is InChI=1S/C28H30ClN5O2/c1-20-6-10-22(11-7-20)25-12-13-26(31-30-25)32-14-16-33(17-15-32)27(35)19-34(18-21-8-9-21)28(36)23-4-2-3-5-24(23)29/h2-7,10-13,21H,8-9,14-19H2,1H3. The van der Waals surface area contributed by atoms with Gasteiger partial charge in [-0.25, -0.2) is 0 Å². The molecule has 0 bridgehead atoms. The van der Waals surface area contributed by atoms with Gasteiger partial charge in [-0.3, -0.25) is 9.59 Å². The monoisotopic (exact) mass is 503 g/mol. The summed E-state index contributed by atoms with van der Waals surface area (Å²) in [6, 6.07) is 19.2. The Labute approximate surface area is 216 Å². The third kappa shape index (κ3) is 5.68. The van der Waals surface area contributed by atoms with Crippen LogP contribution in [0.5, 0.6) is 0 Å². The van der Waals surface area contributed by atoms with Gasteiger partial charge in [-0.15, -0.1) is 10.2 Å². The second-order valence-electron chi connectivity index (χ2n) is 9.62. The van der Waals surface area contributed by atoms with Crippen LogP contribution in [0.15, 0.2) is 60.7 Å². The van der Waals surface area contributed by atoms with Crippen molar-refractivity contribution < 1.29 is 9.59 Å². The molecule has 3 aromatic rings. The lowest BCUT2D eigenvalue weighted by Gasteiger charge is -2.36. The van der Waals surface area contributed by atoms with Gasteiger partial charge in [0.15, 0.2) is 5.82 Å². The van der Waals surface area contributed by atoms with Gasteiger partial charge >= 0.3 is 0 Å². The number of aryl methyl sites for hydroxylation is 1. The van der Waals surface area contributed by atoms with Gasteiger partial charge in [-0.1, -0.05) is 53.6 Å². The fourth-order valence-electron chi connectivity index (χ4n) is 4.46. The lowest BCUT2D eigenvalue weighted by atomic mass is 10.1. The molecule has 8 heteroatoms. The van der Waals surface area contributed by atoms with Gasteiger partial charge < -0.3 is 14.7 Å². The molecule has 2 aromatic carbocycles. The van der Waals surface area contributed by atoms with Crippen molar-refractivity contribution in [3.8, 4) is 11.3 Å². The van der Waals surface area contributed by atoms with Crippen LogP contribution in [-0.4, -0.2) is 71.1 Å². The van der Waals surface area contributed by atoms with Gasteiger partial charge in [0.1, 0.15) is 6.54 Å². The molecular weight excluding hydrogens is 474 g/mol. The number of nitrogens with zero attached hydrogens (tertiary/aromatic N) is 5. The van der Waals surface area contributed by atoms with E-state index in [9.17, 15) is 9.59 Å². The summed E-state index contributed by atoms with van der Waals surface area (Å²) in [6.07, 6.45) is 2.20. The predicted octanol–water partition coefficient (Wildman–Crippen LogP) is 4.31. The smallest absolute Gasteiger partial charge is 0.255 e. The average Bonchev–Trinajstić information content (AvgIpc) is 3.73. The van der Waals surface area contributed by atoms with Crippen LogP contribution in [0, 0.1) is 12.8 Å². The van der Waals surface area contributed by atoms with Crippen molar-refractivity contribution in [2.24, 2.45) is 5.92 Å². The number of aromatic nitrogens is 2. The number of amides is 2. The van der Waals surface area contributed by atoms with Crippen LogP contribution in [0.25, 0.3) is 11.3 Å². The second kappa shape index (κ2) is 10.7. The Morgan fingerprint density at radius 1 is 0.944 bits per heavy atom. The van der Waals surface area contributed by atoms with Crippen LogP contribution in [0.2, 0.25) is 5.02 Å². The summed E-state index contributed by atoms with van der Waals surface area (Å²) in [5.41, 5.74) is 3.54. The van der Waals surface area contributed by atoms with Crippen molar-refractivity contribution in [1.29, 1.82) is 0 Å². The van der Waals surface area contributed by atoms with Gasteiger partial charge in [-0.05, 0) is 49.9 Å². The Kier molecular flexibility index (Phi) is 7.18. The Balaban J connectivity index is 1.18. The van der Waals surface area contributed by atoms with Crippen molar-refractivity contribution in [3.05, 3.63) is 76.8 Å². The van der Waals surface area contributed by atoms with Crippen molar-refractivity contribution in [3.63, 3.8) is 0 Å². The Bertz CT molecular complexity index is 1220. The molecule has 1 aliphatic carbocycles. The summed E-state index contributed by atoms with van der Waals surface area (Å²) < 4.78 is 0. The van der Waals surface area contributed by atoms with Crippen LogP contribution < -0.4 is 4.90 Å². The molecule has 0 unspecified atom stereocenters. The zero-order valence-electron chi connectivity index (χ0n) is 20.4. The molecule has 7 nitrogen and oxygen atoms in total. The first kappa shape index (κ1) is 24.3. The van der Waals surface area contributed by atoms with Crippen LogP contribution in [0.1, 0.15) is 28.8 Å². The van der Waals surface area contributed by atoms with Crippen LogP contribution in [0.3, 0.4) is 0 Å². The van der Waals surface area contributed by atoms with E-state index in [-0.39, 0.29) is 18.4 Å². The number of hydrogen-bond donors (Lipinski definition) is 0. The highest BCUT2D eigenvalue weighted by molar-refractivity contribution is 6.33. The first-order valence-corrected chi connectivity index (χ1v) is 12.8. The minimum atomic E-state index is -0.177.